The van der Waals surface area contributed by atoms with Crippen molar-refractivity contribution in [2.75, 3.05) is 40.4 Å². The van der Waals surface area contributed by atoms with Crippen LogP contribution in [0.5, 0.6) is 5.06 Å². The molecule has 2 aliphatic rings. The topological polar surface area (TPSA) is 71.1 Å². The van der Waals surface area contributed by atoms with Crippen LogP contribution in [0.25, 0.3) is 0 Å². The van der Waals surface area contributed by atoms with E-state index < -0.39 is 6.09 Å². The van der Waals surface area contributed by atoms with Crippen molar-refractivity contribution in [2.45, 2.75) is 37.8 Å². The van der Waals surface area contributed by atoms with Gasteiger partial charge in [0.25, 0.3) is 5.91 Å². The molecule has 0 aromatic carbocycles. The fraction of sp³-hybridized carbons (Fsp3) is 0.545. The molecule has 32 heavy (non-hydrogen) atoms. The highest BCUT2D eigenvalue weighted by molar-refractivity contribution is 7.17. The molecule has 1 unspecified atom stereocenters. The standard InChI is InChI=1S/C22H28ClN3O4S2/c1-13-10-25(2)7-6-14-8-17(31-20(13)14)21(27)26-11-15(9-16(26)12-29-3)24-22(28)30-19-5-4-18(23)32-19/h4-5,8,13,15-16H,6-7,9-12H2,1-3H3,(H,24,28)/t13?,15-,16+/m1/s1. The van der Waals surface area contributed by atoms with Gasteiger partial charge in [0.1, 0.15) is 0 Å². The molecular formula is C22H28ClN3O4S2. The minimum absolute atomic E-state index is 0.00776. The van der Waals surface area contributed by atoms with E-state index in [0.29, 0.717) is 34.9 Å². The molecule has 3 atom stereocenters. The van der Waals surface area contributed by atoms with E-state index in [2.05, 4.69) is 30.3 Å². The number of methoxy groups -OCH3 is 1. The molecule has 0 saturated carbocycles. The van der Waals surface area contributed by atoms with Crippen LogP contribution in [-0.2, 0) is 11.2 Å². The Bertz CT molecular complexity index is 978. The predicted octanol–water partition coefficient (Wildman–Crippen LogP) is 4.07. The molecule has 2 amide bonds. The van der Waals surface area contributed by atoms with Crippen molar-refractivity contribution < 1.29 is 19.1 Å². The lowest BCUT2D eigenvalue weighted by molar-refractivity contribution is 0.0634. The third-order valence-electron chi connectivity index (χ3n) is 5.95. The zero-order chi connectivity index (χ0) is 22.8. The molecule has 7 nitrogen and oxygen atoms in total. The van der Waals surface area contributed by atoms with Crippen LogP contribution in [0.3, 0.4) is 0 Å². The minimum Gasteiger partial charge on any atom is -0.399 e. The second-order valence-corrected chi connectivity index (χ2v) is 11.3. The lowest BCUT2D eigenvalue weighted by atomic mass is 10.1. The van der Waals surface area contributed by atoms with Crippen LogP contribution < -0.4 is 10.1 Å². The van der Waals surface area contributed by atoms with Crippen LogP contribution >= 0.6 is 34.3 Å². The van der Waals surface area contributed by atoms with E-state index >= 15 is 0 Å². The van der Waals surface area contributed by atoms with Gasteiger partial charge < -0.3 is 24.6 Å². The van der Waals surface area contributed by atoms with Crippen LogP contribution in [0.4, 0.5) is 4.79 Å². The van der Waals surface area contributed by atoms with Crippen molar-refractivity contribution in [3.05, 3.63) is 37.9 Å². The summed E-state index contributed by atoms with van der Waals surface area (Å²) in [6, 6.07) is 5.11. The Hall–Kier alpha value is -1.65. The van der Waals surface area contributed by atoms with Gasteiger partial charge in [-0.15, -0.1) is 11.3 Å². The number of likely N-dealkylation sites (tertiary alicyclic amines) is 1. The summed E-state index contributed by atoms with van der Waals surface area (Å²) in [7, 11) is 3.77. The average molecular weight is 498 g/mol. The lowest BCUT2D eigenvalue weighted by Crippen LogP contribution is -2.40. The fourth-order valence-electron chi connectivity index (χ4n) is 4.52. The van der Waals surface area contributed by atoms with Crippen molar-refractivity contribution in [1.82, 2.24) is 15.1 Å². The van der Waals surface area contributed by atoms with Gasteiger partial charge in [-0.05, 0) is 43.7 Å². The second kappa shape index (κ2) is 10.1. The lowest BCUT2D eigenvalue weighted by Gasteiger charge is -2.23. The number of fused-ring (bicyclic) bond motifs is 1. The molecule has 4 heterocycles. The van der Waals surface area contributed by atoms with E-state index in [1.807, 2.05) is 4.90 Å². The quantitative estimate of drug-likeness (QED) is 0.674. The fourth-order valence-corrected chi connectivity index (χ4v) is 6.60. The molecule has 0 aliphatic carbocycles. The number of rotatable bonds is 5. The smallest absolute Gasteiger partial charge is 0.399 e. The number of nitrogens with one attached hydrogen (secondary N) is 1. The molecule has 174 valence electrons. The number of thiophene rings is 2. The summed E-state index contributed by atoms with van der Waals surface area (Å²) in [4.78, 5) is 32.0. The maximum Gasteiger partial charge on any atom is 0.413 e. The number of carbonyl (C=O) groups excluding carboxylic acids is 2. The summed E-state index contributed by atoms with van der Waals surface area (Å²) in [5.74, 6) is 0.417. The molecular weight excluding hydrogens is 470 g/mol. The zero-order valence-corrected chi connectivity index (χ0v) is 20.8. The Morgan fingerprint density at radius 3 is 2.81 bits per heavy atom. The van der Waals surface area contributed by atoms with Gasteiger partial charge in [-0.3, -0.25) is 4.79 Å². The van der Waals surface area contributed by atoms with Crippen LogP contribution in [0.1, 0.15) is 39.4 Å². The van der Waals surface area contributed by atoms with E-state index in [4.69, 9.17) is 21.1 Å². The van der Waals surface area contributed by atoms with Crippen molar-refractivity contribution in [1.29, 1.82) is 0 Å². The van der Waals surface area contributed by atoms with Crippen molar-refractivity contribution in [3.8, 4) is 5.06 Å². The average Bonchev–Trinajstić information content (AvgIpc) is 3.43. The SMILES string of the molecule is COC[C@@H]1C[C@@H](NC(=O)Oc2ccc(Cl)s2)CN1C(=O)c1cc2c(s1)C(C)CN(C)CC2. The van der Waals surface area contributed by atoms with E-state index in [1.54, 1.807) is 30.6 Å². The Morgan fingerprint density at radius 2 is 2.09 bits per heavy atom. The largest absolute Gasteiger partial charge is 0.413 e. The molecule has 2 aliphatic heterocycles. The first-order valence-electron chi connectivity index (χ1n) is 10.7. The first-order chi connectivity index (χ1) is 15.3. The van der Waals surface area contributed by atoms with Crippen LogP contribution in [0.2, 0.25) is 4.34 Å². The number of likely N-dealkylation sites (N-methyl/N-ethyl adjacent to an activating group) is 1. The van der Waals surface area contributed by atoms with Crippen LogP contribution in [-0.4, -0.2) is 74.3 Å². The zero-order valence-electron chi connectivity index (χ0n) is 18.4. The summed E-state index contributed by atoms with van der Waals surface area (Å²) in [6.45, 7) is 5.07. The third kappa shape index (κ3) is 5.28. The summed E-state index contributed by atoms with van der Waals surface area (Å²) in [5, 5.41) is 3.32. The van der Waals surface area contributed by atoms with E-state index in [9.17, 15) is 9.59 Å². The molecule has 2 aromatic rings. The molecule has 0 radical (unpaired) electrons. The predicted molar refractivity (Wildman–Crippen MR) is 128 cm³/mol. The molecule has 1 fully saturated rings. The second-order valence-electron chi connectivity index (χ2n) is 8.51. The van der Waals surface area contributed by atoms with Gasteiger partial charge in [-0.1, -0.05) is 29.9 Å². The number of nitrogens with zero attached hydrogens (tertiary/aromatic N) is 2. The summed E-state index contributed by atoms with van der Waals surface area (Å²) in [6.07, 6.45) is 1.04. The molecule has 0 bridgehead atoms. The van der Waals surface area contributed by atoms with Gasteiger partial charge >= 0.3 is 6.09 Å². The highest BCUT2D eigenvalue weighted by atomic mass is 35.5. The molecule has 0 spiro atoms. The van der Waals surface area contributed by atoms with E-state index in [0.717, 1.165) is 24.4 Å². The Morgan fingerprint density at radius 1 is 1.28 bits per heavy atom. The first kappa shape index (κ1) is 23.5. The molecule has 4 rings (SSSR count). The van der Waals surface area contributed by atoms with Gasteiger partial charge in [-0.2, -0.15) is 0 Å². The molecule has 2 aromatic heterocycles. The van der Waals surface area contributed by atoms with Crippen molar-refractivity contribution in [3.63, 3.8) is 0 Å². The van der Waals surface area contributed by atoms with E-state index in [-0.39, 0.29) is 18.0 Å². The number of halogens is 1. The highest BCUT2D eigenvalue weighted by Gasteiger charge is 2.37. The number of hydrogen-bond donors (Lipinski definition) is 1. The summed E-state index contributed by atoms with van der Waals surface area (Å²) >= 11 is 8.70. The normalized spacial score (nSPS) is 23.6. The van der Waals surface area contributed by atoms with Gasteiger partial charge in [-0.25, -0.2) is 4.79 Å². The van der Waals surface area contributed by atoms with Crippen LogP contribution in [0.15, 0.2) is 18.2 Å². The Kier molecular flexibility index (Phi) is 7.41. The van der Waals surface area contributed by atoms with Gasteiger partial charge in [0.05, 0.1) is 27.9 Å². The summed E-state index contributed by atoms with van der Waals surface area (Å²) in [5.41, 5.74) is 1.28. The maximum atomic E-state index is 13.4. The number of ether oxygens (including phenoxy) is 2. The molecule has 1 saturated heterocycles. The Balaban J connectivity index is 1.44. The van der Waals surface area contributed by atoms with Gasteiger partial charge in [0, 0.05) is 37.5 Å². The van der Waals surface area contributed by atoms with Crippen molar-refractivity contribution in [2.24, 2.45) is 0 Å². The Labute approximate surface area is 201 Å². The number of hydrogen-bond acceptors (Lipinski definition) is 7. The van der Waals surface area contributed by atoms with Gasteiger partial charge in [0.15, 0.2) is 5.06 Å². The maximum absolute atomic E-state index is 13.4. The highest BCUT2D eigenvalue weighted by Crippen LogP contribution is 2.34. The molecule has 1 N–H and O–H groups in total. The van der Waals surface area contributed by atoms with E-state index in [1.165, 1.54) is 21.8 Å². The number of carbonyl (C=O) groups is 2. The summed E-state index contributed by atoms with van der Waals surface area (Å²) < 4.78 is 11.2. The van der Waals surface area contributed by atoms with Gasteiger partial charge in [0.2, 0.25) is 0 Å². The minimum atomic E-state index is -0.542. The first-order valence-corrected chi connectivity index (χ1v) is 12.7. The molecule has 10 heteroatoms. The van der Waals surface area contributed by atoms with Crippen molar-refractivity contribution >= 4 is 46.3 Å². The third-order valence-corrected chi connectivity index (χ3v) is 8.45. The van der Waals surface area contributed by atoms with Crippen LogP contribution in [0, 0.1) is 0 Å². The number of amides is 2. The monoisotopic (exact) mass is 497 g/mol.